The number of morpholine rings is 1. The fourth-order valence-electron chi connectivity index (χ4n) is 2.35. The van der Waals surface area contributed by atoms with Gasteiger partial charge in [-0.15, -0.1) is 0 Å². The molecular formula is C13H22N4O. The monoisotopic (exact) mass is 250 g/mol. The largest absolute Gasteiger partial charge is 0.378 e. The Balaban J connectivity index is 2.35. The second-order valence-corrected chi connectivity index (χ2v) is 4.88. The van der Waals surface area contributed by atoms with E-state index in [2.05, 4.69) is 41.0 Å². The quantitative estimate of drug-likeness (QED) is 0.886. The van der Waals surface area contributed by atoms with Crippen LogP contribution in [0.4, 0.5) is 11.8 Å². The molecule has 1 aromatic rings. The Bertz CT molecular complexity index is 414. The van der Waals surface area contributed by atoms with E-state index >= 15 is 0 Å². The average molecular weight is 250 g/mol. The smallest absolute Gasteiger partial charge is 0.227 e. The van der Waals surface area contributed by atoms with Crippen molar-refractivity contribution in [2.45, 2.75) is 26.7 Å². The maximum absolute atomic E-state index is 5.36. The van der Waals surface area contributed by atoms with Crippen molar-refractivity contribution in [2.75, 3.05) is 43.6 Å². The summed E-state index contributed by atoms with van der Waals surface area (Å²) in [6, 6.07) is 0. The first-order chi connectivity index (χ1) is 8.63. The van der Waals surface area contributed by atoms with Crippen LogP contribution in [0.3, 0.4) is 0 Å². The van der Waals surface area contributed by atoms with Crippen LogP contribution >= 0.6 is 0 Å². The van der Waals surface area contributed by atoms with Crippen molar-refractivity contribution in [3.05, 3.63) is 11.3 Å². The molecule has 0 amide bonds. The molecule has 2 heterocycles. The number of aryl methyl sites for hydroxylation is 1. The van der Waals surface area contributed by atoms with Crippen LogP contribution in [0.2, 0.25) is 0 Å². The fraction of sp³-hybridized carbons (Fsp3) is 0.692. The predicted molar refractivity (Wildman–Crippen MR) is 73.4 cm³/mol. The van der Waals surface area contributed by atoms with Gasteiger partial charge in [0.1, 0.15) is 5.82 Å². The molecule has 0 atom stereocenters. The SMILES string of the molecule is CNc1nc(N2CCOCC2)nc(C)c1C(C)C. The van der Waals surface area contributed by atoms with Gasteiger partial charge in [-0.2, -0.15) is 4.98 Å². The minimum atomic E-state index is 0.422. The van der Waals surface area contributed by atoms with Gasteiger partial charge in [-0.05, 0) is 12.8 Å². The number of ether oxygens (including phenoxy) is 1. The first kappa shape index (κ1) is 13.1. The Labute approximate surface area is 109 Å². The molecule has 0 bridgehead atoms. The lowest BCUT2D eigenvalue weighted by Gasteiger charge is -2.28. The zero-order valence-electron chi connectivity index (χ0n) is 11.7. The molecule has 1 fully saturated rings. The molecule has 1 aromatic heterocycles. The maximum Gasteiger partial charge on any atom is 0.227 e. The van der Waals surface area contributed by atoms with Crippen LogP contribution in [0.25, 0.3) is 0 Å². The highest BCUT2D eigenvalue weighted by atomic mass is 16.5. The fourth-order valence-corrected chi connectivity index (χ4v) is 2.35. The van der Waals surface area contributed by atoms with Crippen molar-refractivity contribution < 1.29 is 4.74 Å². The van der Waals surface area contributed by atoms with Crippen molar-refractivity contribution in [1.29, 1.82) is 0 Å². The van der Waals surface area contributed by atoms with Crippen molar-refractivity contribution in [3.63, 3.8) is 0 Å². The zero-order chi connectivity index (χ0) is 13.1. The van der Waals surface area contributed by atoms with Gasteiger partial charge in [-0.25, -0.2) is 4.98 Å². The van der Waals surface area contributed by atoms with Gasteiger partial charge in [0.25, 0.3) is 0 Å². The molecule has 5 heteroatoms. The Morgan fingerprint density at radius 2 is 1.89 bits per heavy atom. The molecule has 0 unspecified atom stereocenters. The van der Waals surface area contributed by atoms with Crippen molar-refractivity contribution >= 4 is 11.8 Å². The molecule has 1 aliphatic rings. The van der Waals surface area contributed by atoms with E-state index in [1.807, 2.05) is 7.05 Å². The Kier molecular flexibility index (Phi) is 4.01. The summed E-state index contributed by atoms with van der Waals surface area (Å²) in [5.41, 5.74) is 2.26. The van der Waals surface area contributed by atoms with Crippen LogP contribution in [0, 0.1) is 6.92 Å². The van der Waals surface area contributed by atoms with E-state index in [-0.39, 0.29) is 0 Å². The third-order valence-corrected chi connectivity index (χ3v) is 3.23. The van der Waals surface area contributed by atoms with Crippen LogP contribution in [-0.2, 0) is 4.74 Å². The zero-order valence-corrected chi connectivity index (χ0v) is 11.7. The standard InChI is InChI=1S/C13H22N4O/c1-9(2)11-10(3)15-13(16-12(11)14-4)17-5-7-18-8-6-17/h9H,5-8H2,1-4H3,(H,14,15,16). The first-order valence-electron chi connectivity index (χ1n) is 6.52. The lowest BCUT2D eigenvalue weighted by atomic mass is 10.0. The second-order valence-electron chi connectivity index (χ2n) is 4.88. The average Bonchev–Trinajstić information content (AvgIpc) is 2.38. The summed E-state index contributed by atoms with van der Waals surface area (Å²) >= 11 is 0. The maximum atomic E-state index is 5.36. The molecular weight excluding hydrogens is 228 g/mol. The second kappa shape index (κ2) is 5.52. The molecule has 100 valence electrons. The van der Waals surface area contributed by atoms with Gasteiger partial charge in [0.2, 0.25) is 5.95 Å². The van der Waals surface area contributed by atoms with Crippen LogP contribution in [-0.4, -0.2) is 43.3 Å². The number of nitrogens with zero attached hydrogens (tertiary/aromatic N) is 3. The van der Waals surface area contributed by atoms with E-state index in [1.54, 1.807) is 0 Å². The van der Waals surface area contributed by atoms with E-state index < -0.39 is 0 Å². The molecule has 0 aromatic carbocycles. The predicted octanol–water partition coefficient (Wildman–Crippen LogP) is 1.79. The molecule has 1 aliphatic heterocycles. The van der Waals surface area contributed by atoms with Crippen LogP contribution < -0.4 is 10.2 Å². The van der Waals surface area contributed by atoms with Gasteiger partial charge in [0, 0.05) is 31.4 Å². The number of hydrogen-bond acceptors (Lipinski definition) is 5. The lowest BCUT2D eigenvalue weighted by molar-refractivity contribution is 0.122. The normalized spacial score (nSPS) is 16.2. The summed E-state index contributed by atoms with van der Waals surface area (Å²) in [6.07, 6.45) is 0. The topological polar surface area (TPSA) is 50.3 Å². The highest BCUT2D eigenvalue weighted by molar-refractivity contribution is 5.52. The first-order valence-corrected chi connectivity index (χ1v) is 6.52. The highest BCUT2D eigenvalue weighted by Gasteiger charge is 2.18. The molecule has 0 aliphatic carbocycles. The van der Waals surface area contributed by atoms with Crippen LogP contribution in [0.15, 0.2) is 0 Å². The van der Waals surface area contributed by atoms with Crippen molar-refractivity contribution in [3.8, 4) is 0 Å². The molecule has 0 spiro atoms. The molecule has 2 rings (SSSR count). The number of rotatable bonds is 3. The van der Waals surface area contributed by atoms with Crippen molar-refractivity contribution in [2.24, 2.45) is 0 Å². The molecule has 1 saturated heterocycles. The summed E-state index contributed by atoms with van der Waals surface area (Å²) in [5, 5.41) is 3.19. The van der Waals surface area contributed by atoms with E-state index in [0.29, 0.717) is 5.92 Å². The lowest BCUT2D eigenvalue weighted by Crippen LogP contribution is -2.37. The minimum Gasteiger partial charge on any atom is -0.378 e. The number of hydrogen-bond donors (Lipinski definition) is 1. The van der Waals surface area contributed by atoms with Gasteiger partial charge in [-0.3, -0.25) is 0 Å². The van der Waals surface area contributed by atoms with Gasteiger partial charge >= 0.3 is 0 Å². The number of nitrogens with one attached hydrogen (secondary N) is 1. The van der Waals surface area contributed by atoms with E-state index in [4.69, 9.17) is 4.74 Å². The van der Waals surface area contributed by atoms with E-state index in [1.165, 1.54) is 5.56 Å². The summed E-state index contributed by atoms with van der Waals surface area (Å²) in [5.74, 6) is 2.18. The molecule has 18 heavy (non-hydrogen) atoms. The van der Waals surface area contributed by atoms with Gasteiger partial charge in [0.15, 0.2) is 0 Å². The van der Waals surface area contributed by atoms with E-state index in [0.717, 1.165) is 43.8 Å². The number of aromatic nitrogens is 2. The Morgan fingerprint density at radius 3 is 2.44 bits per heavy atom. The summed E-state index contributed by atoms with van der Waals surface area (Å²) in [6.45, 7) is 9.63. The highest BCUT2D eigenvalue weighted by Crippen LogP contribution is 2.27. The Hall–Kier alpha value is -1.36. The summed E-state index contributed by atoms with van der Waals surface area (Å²) < 4.78 is 5.36. The molecule has 1 N–H and O–H groups in total. The molecule has 0 radical (unpaired) electrons. The van der Waals surface area contributed by atoms with Crippen LogP contribution in [0.1, 0.15) is 31.0 Å². The van der Waals surface area contributed by atoms with Gasteiger partial charge < -0.3 is 15.0 Å². The van der Waals surface area contributed by atoms with Crippen molar-refractivity contribution in [1.82, 2.24) is 9.97 Å². The number of anilines is 2. The third kappa shape index (κ3) is 2.56. The van der Waals surface area contributed by atoms with Gasteiger partial charge in [0.05, 0.1) is 13.2 Å². The Morgan fingerprint density at radius 1 is 1.22 bits per heavy atom. The van der Waals surface area contributed by atoms with Gasteiger partial charge in [-0.1, -0.05) is 13.8 Å². The summed E-state index contributed by atoms with van der Waals surface area (Å²) in [7, 11) is 1.91. The molecule has 5 nitrogen and oxygen atoms in total. The van der Waals surface area contributed by atoms with Crippen LogP contribution in [0.5, 0.6) is 0 Å². The third-order valence-electron chi connectivity index (χ3n) is 3.23. The minimum absolute atomic E-state index is 0.422. The summed E-state index contributed by atoms with van der Waals surface area (Å²) in [4.78, 5) is 11.5. The van der Waals surface area contributed by atoms with E-state index in [9.17, 15) is 0 Å². The molecule has 0 saturated carbocycles.